The fourth-order valence-corrected chi connectivity index (χ4v) is 5.83. The smallest absolute Gasteiger partial charge is 0.417 e. The lowest BCUT2D eigenvalue weighted by molar-refractivity contribution is -0.308. The predicted molar refractivity (Wildman–Crippen MR) is 187 cm³/mol. The number of rotatable bonds is 14. The molecule has 5 aromatic rings. The van der Waals surface area contributed by atoms with Gasteiger partial charge in [0.05, 0.1) is 30.9 Å². The Bertz CT molecular complexity index is 1890. The Morgan fingerprint density at radius 3 is 1.43 bits per heavy atom. The standard InChI is InChI=1S/C42H37F3O8/c43-42(44,45)34-24-14-13-23-33(34)39(46)53-41-38(50-27-31-19-9-3-10-20-31)36(49-26-30-17-7-2-8-18-30)35(48-25-29-15-5-1-6-16-29)37(52-41)40(47)51-28-32-21-11-4-12-22-32/h1-24,35-38,41H,25-28H2/t35-,36-,37-,38+,41-/m0/s1. The molecule has 1 saturated heterocycles. The Balaban J connectivity index is 1.38. The maximum atomic E-state index is 14.0. The summed E-state index contributed by atoms with van der Waals surface area (Å²) in [5, 5.41) is 0. The fourth-order valence-electron chi connectivity index (χ4n) is 5.83. The SMILES string of the molecule is O=C(O[C@@H]1O[C@H](C(=O)OCc2ccccc2)[C@@H](OCc2ccccc2)[C@H](OCc2ccccc2)[C@H]1OCc1ccccc1)c1ccccc1C(F)(F)F. The van der Waals surface area contributed by atoms with Crippen molar-refractivity contribution in [2.75, 3.05) is 0 Å². The van der Waals surface area contributed by atoms with Crippen molar-refractivity contribution in [1.82, 2.24) is 0 Å². The minimum absolute atomic E-state index is 0.0191. The molecule has 0 unspecified atom stereocenters. The highest BCUT2D eigenvalue weighted by Crippen LogP contribution is 2.35. The maximum Gasteiger partial charge on any atom is 0.417 e. The van der Waals surface area contributed by atoms with Gasteiger partial charge in [0.2, 0.25) is 6.29 Å². The average molecular weight is 727 g/mol. The molecule has 0 aliphatic carbocycles. The number of hydrogen-bond donors (Lipinski definition) is 0. The van der Waals surface area contributed by atoms with E-state index in [0.29, 0.717) is 5.56 Å². The molecule has 0 aromatic heterocycles. The van der Waals surface area contributed by atoms with Gasteiger partial charge in [0.15, 0.2) is 6.10 Å². The molecule has 0 radical (unpaired) electrons. The van der Waals surface area contributed by atoms with Crippen LogP contribution in [0.5, 0.6) is 0 Å². The van der Waals surface area contributed by atoms with Crippen molar-refractivity contribution in [2.45, 2.75) is 63.3 Å². The van der Waals surface area contributed by atoms with E-state index in [2.05, 4.69) is 0 Å². The van der Waals surface area contributed by atoms with Gasteiger partial charge in [0, 0.05) is 0 Å². The van der Waals surface area contributed by atoms with Crippen LogP contribution < -0.4 is 0 Å². The van der Waals surface area contributed by atoms with Gasteiger partial charge in [0.1, 0.15) is 24.9 Å². The molecule has 1 heterocycles. The van der Waals surface area contributed by atoms with Gasteiger partial charge in [-0.25, -0.2) is 9.59 Å². The van der Waals surface area contributed by atoms with Crippen molar-refractivity contribution in [2.24, 2.45) is 0 Å². The third-order valence-corrected chi connectivity index (χ3v) is 8.48. The largest absolute Gasteiger partial charge is 0.459 e. The van der Waals surface area contributed by atoms with Crippen molar-refractivity contribution >= 4 is 11.9 Å². The van der Waals surface area contributed by atoms with Crippen LogP contribution in [0.2, 0.25) is 0 Å². The number of halogens is 3. The summed E-state index contributed by atoms with van der Waals surface area (Å²) in [6.07, 6.45) is -11.8. The molecule has 0 saturated carbocycles. The Kier molecular flexibility index (Phi) is 12.7. The number of ether oxygens (including phenoxy) is 6. The zero-order valence-electron chi connectivity index (χ0n) is 28.5. The van der Waals surface area contributed by atoms with E-state index in [-0.39, 0.29) is 26.4 Å². The highest BCUT2D eigenvalue weighted by atomic mass is 19.4. The highest BCUT2D eigenvalue weighted by Gasteiger charge is 2.53. The van der Waals surface area contributed by atoms with Crippen LogP contribution in [-0.2, 0) is 65.8 Å². The van der Waals surface area contributed by atoms with Crippen molar-refractivity contribution in [1.29, 1.82) is 0 Å². The molecule has 5 aromatic carbocycles. The van der Waals surface area contributed by atoms with Crippen molar-refractivity contribution in [3.63, 3.8) is 0 Å². The second-order valence-electron chi connectivity index (χ2n) is 12.3. The lowest BCUT2D eigenvalue weighted by atomic mass is 9.97. The second-order valence-corrected chi connectivity index (χ2v) is 12.3. The van der Waals surface area contributed by atoms with Gasteiger partial charge in [-0.2, -0.15) is 13.2 Å². The molecule has 53 heavy (non-hydrogen) atoms. The zero-order chi connectivity index (χ0) is 37.0. The fraction of sp³-hybridized carbons (Fsp3) is 0.238. The lowest BCUT2D eigenvalue weighted by Gasteiger charge is -2.44. The molecular formula is C42H37F3O8. The molecule has 1 aliphatic rings. The van der Waals surface area contributed by atoms with Crippen LogP contribution in [0.15, 0.2) is 146 Å². The summed E-state index contributed by atoms with van der Waals surface area (Å²) in [6.45, 7) is -0.0950. The van der Waals surface area contributed by atoms with Gasteiger partial charge < -0.3 is 28.4 Å². The minimum Gasteiger partial charge on any atom is -0.459 e. The highest BCUT2D eigenvalue weighted by molar-refractivity contribution is 5.91. The summed E-state index contributed by atoms with van der Waals surface area (Å²) in [4.78, 5) is 27.6. The third kappa shape index (κ3) is 10.2. The monoisotopic (exact) mass is 726 g/mol. The zero-order valence-corrected chi connectivity index (χ0v) is 28.5. The number of benzene rings is 5. The summed E-state index contributed by atoms with van der Waals surface area (Å²) in [7, 11) is 0. The molecule has 0 spiro atoms. The van der Waals surface area contributed by atoms with Crippen LogP contribution in [0, 0.1) is 0 Å². The molecule has 0 amide bonds. The number of alkyl halides is 3. The second kappa shape index (κ2) is 17.9. The van der Waals surface area contributed by atoms with Gasteiger partial charge >= 0.3 is 18.1 Å². The third-order valence-electron chi connectivity index (χ3n) is 8.48. The van der Waals surface area contributed by atoms with Crippen LogP contribution >= 0.6 is 0 Å². The van der Waals surface area contributed by atoms with E-state index in [4.69, 9.17) is 28.4 Å². The van der Waals surface area contributed by atoms with E-state index in [0.717, 1.165) is 28.8 Å². The van der Waals surface area contributed by atoms with Crippen molar-refractivity contribution in [3.8, 4) is 0 Å². The van der Waals surface area contributed by atoms with Gasteiger partial charge in [-0.3, -0.25) is 0 Å². The first-order chi connectivity index (χ1) is 25.8. The number of carbonyl (C=O) groups is 2. The van der Waals surface area contributed by atoms with Crippen molar-refractivity contribution < 1.29 is 51.2 Å². The number of carbonyl (C=O) groups excluding carboxylic acids is 2. The van der Waals surface area contributed by atoms with Crippen LogP contribution in [0.4, 0.5) is 13.2 Å². The molecule has 8 nitrogen and oxygen atoms in total. The normalized spacial score (nSPS) is 20.0. The first kappa shape index (κ1) is 37.4. The van der Waals surface area contributed by atoms with E-state index in [1.807, 2.05) is 97.1 Å². The van der Waals surface area contributed by atoms with Crippen LogP contribution in [0.25, 0.3) is 0 Å². The molecular weight excluding hydrogens is 689 g/mol. The lowest BCUT2D eigenvalue weighted by Crippen LogP contribution is -2.63. The van der Waals surface area contributed by atoms with Gasteiger partial charge in [-0.1, -0.05) is 133 Å². The summed E-state index contributed by atoms with van der Waals surface area (Å²) in [6, 6.07) is 40.7. The van der Waals surface area contributed by atoms with E-state index >= 15 is 0 Å². The van der Waals surface area contributed by atoms with E-state index in [1.165, 1.54) is 12.1 Å². The Morgan fingerprint density at radius 1 is 0.528 bits per heavy atom. The molecule has 274 valence electrons. The summed E-state index contributed by atoms with van der Waals surface area (Å²) in [5.74, 6) is -2.20. The van der Waals surface area contributed by atoms with Gasteiger partial charge in [-0.05, 0) is 34.4 Å². The van der Waals surface area contributed by atoms with E-state index < -0.39 is 59.9 Å². The van der Waals surface area contributed by atoms with Crippen LogP contribution in [0.3, 0.4) is 0 Å². The number of hydrogen-bond acceptors (Lipinski definition) is 8. The molecule has 1 aliphatic heterocycles. The molecule has 1 fully saturated rings. The Hall–Kier alpha value is -5.33. The summed E-state index contributed by atoms with van der Waals surface area (Å²) >= 11 is 0. The molecule has 5 atom stereocenters. The van der Waals surface area contributed by atoms with Crippen LogP contribution in [-0.4, -0.2) is 42.6 Å². The molecule has 0 bridgehead atoms. The first-order valence-corrected chi connectivity index (χ1v) is 17.0. The Labute approximate surface area is 305 Å². The topological polar surface area (TPSA) is 89.5 Å². The van der Waals surface area contributed by atoms with Crippen molar-refractivity contribution in [3.05, 3.63) is 179 Å². The van der Waals surface area contributed by atoms with Gasteiger partial charge in [-0.15, -0.1) is 0 Å². The average Bonchev–Trinajstić information content (AvgIpc) is 3.19. The first-order valence-electron chi connectivity index (χ1n) is 17.0. The molecule has 11 heteroatoms. The Morgan fingerprint density at radius 2 is 0.943 bits per heavy atom. The maximum absolute atomic E-state index is 14.0. The van der Waals surface area contributed by atoms with Gasteiger partial charge in [0.25, 0.3) is 0 Å². The predicted octanol–water partition coefficient (Wildman–Crippen LogP) is 8.09. The minimum atomic E-state index is -4.85. The summed E-state index contributed by atoms with van der Waals surface area (Å²) in [5.41, 5.74) is 1.07. The summed E-state index contributed by atoms with van der Waals surface area (Å²) < 4.78 is 78.9. The number of esters is 2. The van der Waals surface area contributed by atoms with Crippen LogP contribution in [0.1, 0.15) is 38.2 Å². The van der Waals surface area contributed by atoms with E-state index in [9.17, 15) is 22.8 Å². The van der Waals surface area contributed by atoms with E-state index in [1.54, 1.807) is 24.3 Å². The molecule has 6 rings (SSSR count). The molecule has 0 N–H and O–H groups in total. The quantitative estimate of drug-likeness (QED) is 0.106.